The number of nitrogens with one attached hydrogen (secondary N) is 2. The van der Waals surface area contributed by atoms with Gasteiger partial charge >= 0.3 is 0 Å². The molecule has 1 aliphatic carbocycles. The molecule has 4 heterocycles. The molecule has 4 aromatic heterocycles. The van der Waals surface area contributed by atoms with Gasteiger partial charge in [0, 0.05) is 11.5 Å². The van der Waals surface area contributed by atoms with Crippen LogP contribution in [-0.4, -0.2) is 14.8 Å². The van der Waals surface area contributed by atoms with Crippen molar-refractivity contribution in [3.63, 3.8) is 0 Å². The van der Waals surface area contributed by atoms with Gasteiger partial charge in [0.15, 0.2) is 11.0 Å². The van der Waals surface area contributed by atoms with Gasteiger partial charge in [0.2, 0.25) is 0 Å². The smallest absolute Gasteiger partial charge is 0.274 e. The molecular weight excluding hydrogens is 394 g/mol. The minimum absolute atomic E-state index is 0.118. The van der Waals surface area contributed by atoms with Gasteiger partial charge in [-0.05, 0) is 44.0 Å². The molecule has 158 valence electrons. The van der Waals surface area contributed by atoms with Crippen LogP contribution in [0.3, 0.4) is 0 Å². The molecule has 0 amide bonds. The zero-order valence-electron chi connectivity index (χ0n) is 17.3. The average molecular weight is 417 g/mol. The molecule has 0 bridgehead atoms. The molecule has 1 saturated carbocycles. The van der Waals surface area contributed by atoms with E-state index in [0.29, 0.717) is 27.9 Å². The molecule has 0 saturated heterocycles. The zero-order chi connectivity index (χ0) is 21.1. The predicted molar refractivity (Wildman–Crippen MR) is 120 cm³/mol. The van der Waals surface area contributed by atoms with E-state index in [1.165, 1.54) is 25.0 Å². The van der Waals surface area contributed by atoms with Gasteiger partial charge in [-0.3, -0.25) is 19.4 Å². The summed E-state index contributed by atoms with van der Waals surface area (Å²) in [5, 5.41) is 4.41. The number of rotatable bonds is 2. The molecule has 2 N–H and O–H groups in total. The van der Waals surface area contributed by atoms with Crippen molar-refractivity contribution < 1.29 is 8.83 Å². The van der Waals surface area contributed by atoms with Crippen LogP contribution in [0.1, 0.15) is 50.3 Å². The van der Waals surface area contributed by atoms with Crippen molar-refractivity contribution in [2.24, 2.45) is 0 Å². The predicted octanol–water partition coefficient (Wildman–Crippen LogP) is 5.38. The Morgan fingerprint density at radius 3 is 2.55 bits per heavy atom. The first-order chi connectivity index (χ1) is 15.1. The quantitative estimate of drug-likeness (QED) is 0.377. The lowest BCUT2D eigenvalue weighted by Crippen LogP contribution is -2.13. The summed E-state index contributed by atoms with van der Waals surface area (Å²) < 4.78 is 14.1. The van der Waals surface area contributed by atoms with Gasteiger partial charge in [0.1, 0.15) is 22.8 Å². The van der Waals surface area contributed by atoms with Crippen LogP contribution in [0.25, 0.3) is 44.4 Å². The Hall–Kier alpha value is -3.48. The standard InChI is InChI=1S/C24H23N3O4/c1-13-8-11-17(30-13)19-20-23(27(26-24(20)29)14-6-4-2-3-5-7-14)25-21-16-10-9-15(28)12-18(16)31-22(19)21/h8-12,14,25H,2-7H2,1H3,(H,26,29). The van der Waals surface area contributed by atoms with Crippen LogP contribution in [0.2, 0.25) is 0 Å². The number of aromatic nitrogens is 3. The highest BCUT2D eigenvalue weighted by molar-refractivity contribution is 6.13. The molecular formula is C24H23N3O4. The first kappa shape index (κ1) is 18.3. The largest absolute Gasteiger partial charge is 0.461 e. The SMILES string of the molecule is Cc1ccc(-c2c3oc4cc(=O)ccc4c3[nH]c3c2c(=O)[nH]n3C2CCCCCC2)o1. The van der Waals surface area contributed by atoms with Crippen molar-refractivity contribution in [1.29, 1.82) is 0 Å². The van der Waals surface area contributed by atoms with Gasteiger partial charge in [0.05, 0.1) is 22.5 Å². The summed E-state index contributed by atoms with van der Waals surface area (Å²) in [4.78, 5) is 28.6. The van der Waals surface area contributed by atoms with E-state index in [9.17, 15) is 9.59 Å². The number of nitrogens with zero attached hydrogens (tertiary/aromatic N) is 1. The highest BCUT2D eigenvalue weighted by atomic mass is 16.4. The van der Waals surface area contributed by atoms with Gasteiger partial charge in [-0.15, -0.1) is 0 Å². The Morgan fingerprint density at radius 2 is 1.81 bits per heavy atom. The molecule has 0 radical (unpaired) electrons. The molecule has 0 spiro atoms. The fraction of sp³-hybridized carbons (Fsp3) is 0.333. The third-order valence-electron chi connectivity index (χ3n) is 6.49. The molecule has 1 aliphatic rings. The number of aromatic amines is 2. The van der Waals surface area contributed by atoms with Crippen LogP contribution in [0.4, 0.5) is 0 Å². The second kappa shape index (κ2) is 6.77. The summed E-state index contributed by atoms with van der Waals surface area (Å²) in [5.41, 5.74) is 2.84. The molecule has 31 heavy (non-hydrogen) atoms. The van der Waals surface area contributed by atoms with Crippen molar-refractivity contribution >= 4 is 33.1 Å². The highest BCUT2D eigenvalue weighted by Gasteiger charge is 2.26. The maximum atomic E-state index is 13.2. The Bertz CT molecular complexity index is 1550. The maximum absolute atomic E-state index is 13.2. The van der Waals surface area contributed by atoms with E-state index in [1.54, 1.807) is 6.07 Å². The van der Waals surface area contributed by atoms with Crippen molar-refractivity contribution in [2.45, 2.75) is 51.5 Å². The minimum Gasteiger partial charge on any atom is -0.461 e. The van der Waals surface area contributed by atoms with Gasteiger partial charge in [-0.2, -0.15) is 0 Å². The third-order valence-corrected chi connectivity index (χ3v) is 6.49. The fourth-order valence-electron chi connectivity index (χ4n) is 5.01. The first-order valence-corrected chi connectivity index (χ1v) is 10.9. The lowest BCUT2D eigenvalue weighted by molar-refractivity contribution is 0.413. The summed E-state index contributed by atoms with van der Waals surface area (Å²) in [6.07, 6.45) is 6.84. The zero-order valence-corrected chi connectivity index (χ0v) is 17.3. The topological polar surface area (TPSA) is 96.9 Å². The Morgan fingerprint density at radius 1 is 1.00 bits per heavy atom. The summed E-state index contributed by atoms with van der Waals surface area (Å²) in [7, 11) is 0. The van der Waals surface area contributed by atoms with Gasteiger partial charge < -0.3 is 13.8 Å². The van der Waals surface area contributed by atoms with E-state index >= 15 is 0 Å². The van der Waals surface area contributed by atoms with Crippen molar-refractivity contribution in [3.8, 4) is 11.3 Å². The van der Waals surface area contributed by atoms with E-state index in [1.807, 2.05) is 23.7 Å². The molecule has 6 rings (SSSR count). The summed E-state index contributed by atoms with van der Waals surface area (Å²) in [5.74, 6) is 1.33. The number of hydrogen-bond donors (Lipinski definition) is 2. The van der Waals surface area contributed by atoms with E-state index < -0.39 is 0 Å². The van der Waals surface area contributed by atoms with Crippen molar-refractivity contribution in [1.82, 2.24) is 14.8 Å². The van der Waals surface area contributed by atoms with E-state index in [-0.39, 0.29) is 17.0 Å². The number of hydrogen-bond acceptors (Lipinski definition) is 4. The van der Waals surface area contributed by atoms with Gasteiger partial charge in [-0.25, -0.2) is 0 Å². The minimum atomic E-state index is -0.175. The number of benzene rings is 1. The number of H-pyrrole nitrogens is 2. The molecule has 7 nitrogen and oxygen atoms in total. The highest BCUT2D eigenvalue weighted by Crippen LogP contribution is 2.39. The monoisotopic (exact) mass is 417 g/mol. The molecule has 0 atom stereocenters. The lowest BCUT2D eigenvalue weighted by atomic mass is 10.1. The van der Waals surface area contributed by atoms with Gasteiger partial charge in [-0.1, -0.05) is 25.7 Å². The average Bonchev–Trinajstić information content (AvgIpc) is 3.35. The Labute approximate surface area is 176 Å². The van der Waals surface area contributed by atoms with Crippen LogP contribution in [-0.2, 0) is 0 Å². The number of aryl methyl sites for hydroxylation is 1. The van der Waals surface area contributed by atoms with Crippen LogP contribution < -0.4 is 11.0 Å². The molecule has 1 fully saturated rings. The summed E-state index contributed by atoms with van der Waals surface area (Å²) >= 11 is 0. The fourth-order valence-corrected chi connectivity index (χ4v) is 5.01. The lowest BCUT2D eigenvalue weighted by Gasteiger charge is -2.17. The van der Waals surface area contributed by atoms with Crippen molar-refractivity contribution in [3.05, 3.63) is 56.7 Å². The molecule has 0 unspecified atom stereocenters. The summed E-state index contributed by atoms with van der Waals surface area (Å²) in [6, 6.07) is 8.75. The Balaban J connectivity index is 1.75. The number of fused-ring (bicyclic) bond motifs is 4. The second-order valence-corrected chi connectivity index (χ2v) is 8.55. The van der Waals surface area contributed by atoms with Crippen LogP contribution in [0.15, 0.2) is 48.8 Å². The number of pyridine rings is 1. The third kappa shape index (κ3) is 2.80. The van der Waals surface area contributed by atoms with Crippen molar-refractivity contribution in [2.75, 3.05) is 0 Å². The van der Waals surface area contributed by atoms with Crippen LogP contribution in [0.5, 0.6) is 0 Å². The van der Waals surface area contributed by atoms with E-state index in [0.717, 1.165) is 48.0 Å². The van der Waals surface area contributed by atoms with Crippen LogP contribution in [0, 0.1) is 6.92 Å². The van der Waals surface area contributed by atoms with Gasteiger partial charge in [0.25, 0.3) is 5.56 Å². The maximum Gasteiger partial charge on any atom is 0.274 e. The van der Waals surface area contributed by atoms with E-state index in [2.05, 4.69) is 10.1 Å². The summed E-state index contributed by atoms with van der Waals surface area (Å²) in [6.45, 7) is 1.87. The molecule has 7 heteroatoms. The molecule has 5 aromatic rings. The number of furan rings is 2. The Kier molecular flexibility index (Phi) is 4.00. The molecule has 0 aliphatic heterocycles. The normalized spacial score (nSPS) is 15.9. The first-order valence-electron chi connectivity index (χ1n) is 10.9. The second-order valence-electron chi connectivity index (χ2n) is 8.55. The van der Waals surface area contributed by atoms with E-state index in [4.69, 9.17) is 8.83 Å². The molecule has 1 aromatic carbocycles. The van der Waals surface area contributed by atoms with Crippen LogP contribution >= 0.6 is 0 Å².